The first kappa shape index (κ1) is 12.0. The van der Waals surface area contributed by atoms with Crippen molar-refractivity contribution in [1.29, 1.82) is 0 Å². The fourth-order valence-corrected chi connectivity index (χ4v) is 2.07. The first-order valence-corrected chi connectivity index (χ1v) is 6.40. The molecule has 98 valence electrons. The SMILES string of the molecule is Cc1cccc(COC(=O)c2ocnc2C2CC2)c1. The van der Waals surface area contributed by atoms with Gasteiger partial charge in [0.05, 0.1) is 5.69 Å². The molecule has 0 unspecified atom stereocenters. The number of hydrogen-bond acceptors (Lipinski definition) is 4. The third-order valence-electron chi connectivity index (χ3n) is 3.20. The van der Waals surface area contributed by atoms with Crippen LogP contribution in [-0.4, -0.2) is 11.0 Å². The predicted octanol–water partition coefficient (Wildman–Crippen LogP) is 3.22. The van der Waals surface area contributed by atoms with Gasteiger partial charge in [-0.1, -0.05) is 29.8 Å². The molecule has 0 spiro atoms. The third kappa shape index (κ3) is 2.67. The van der Waals surface area contributed by atoms with Gasteiger partial charge in [0, 0.05) is 5.92 Å². The van der Waals surface area contributed by atoms with Gasteiger partial charge in [-0.3, -0.25) is 0 Å². The van der Waals surface area contributed by atoms with E-state index in [1.165, 1.54) is 6.39 Å². The van der Waals surface area contributed by atoms with Gasteiger partial charge in [-0.15, -0.1) is 0 Å². The second-order valence-corrected chi connectivity index (χ2v) is 4.91. The second kappa shape index (κ2) is 4.88. The first-order valence-electron chi connectivity index (χ1n) is 6.40. The van der Waals surface area contributed by atoms with Crippen LogP contribution < -0.4 is 0 Å². The van der Waals surface area contributed by atoms with E-state index in [4.69, 9.17) is 9.15 Å². The number of hydrogen-bond donors (Lipinski definition) is 0. The summed E-state index contributed by atoms with van der Waals surface area (Å²) in [7, 11) is 0. The van der Waals surface area contributed by atoms with E-state index in [-0.39, 0.29) is 12.4 Å². The van der Waals surface area contributed by atoms with Crippen molar-refractivity contribution in [2.45, 2.75) is 32.3 Å². The highest BCUT2D eigenvalue weighted by Crippen LogP contribution is 2.40. The van der Waals surface area contributed by atoms with Crippen molar-refractivity contribution in [3.63, 3.8) is 0 Å². The van der Waals surface area contributed by atoms with Crippen LogP contribution in [0.25, 0.3) is 0 Å². The predicted molar refractivity (Wildman–Crippen MR) is 68.8 cm³/mol. The zero-order valence-corrected chi connectivity index (χ0v) is 10.8. The summed E-state index contributed by atoms with van der Waals surface area (Å²) < 4.78 is 10.4. The Morgan fingerprint density at radius 2 is 2.32 bits per heavy atom. The van der Waals surface area contributed by atoms with Crippen LogP contribution in [0.15, 0.2) is 35.1 Å². The molecule has 0 N–H and O–H groups in total. The van der Waals surface area contributed by atoms with E-state index in [9.17, 15) is 4.79 Å². The van der Waals surface area contributed by atoms with Crippen molar-refractivity contribution in [3.05, 3.63) is 53.2 Å². The fraction of sp³-hybridized carbons (Fsp3) is 0.333. The molecule has 19 heavy (non-hydrogen) atoms. The van der Waals surface area contributed by atoms with Crippen molar-refractivity contribution < 1.29 is 13.9 Å². The normalized spacial score (nSPS) is 14.4. The molecule has 0 amide bonds. The summed E-state index contributed by atoms with van der Waals surface area (Å²) in [6.45, 7) is 2.26. The largest absolute Gasteiger partial charge is 0.455 e. The molecule has 0 radical (unpaired) electrons. The van der Waals surface area contributed by atoms with Crippen LogP contribution in [0.4, 0.5) is 0 Å². The molecular weight excluding hydrogens is 242 g/mol. The van der Waals surface area contributed by atoms with Crippen LogP contribution >= 0.6 is 0 Å². The Kier molecular flexibility index (Phi) is 3.07. The number of oxazole rings is 1. The molecule has 0 bridgehead atoms. The van der Waals surface area contributed by atoms with Crippen molar-refractivity contribution in [3.8, 4) is 0 Å². The smallest absolute Gasteiger partial charge is 0.376 e. The van der Waals surface area contributed by atoms with Crippen LogP contribution in [0.1, 0.15) is 46.1 Å². The molecule has 3 rings (SSSR count). The minimum atomic E-state index is -0.430. The maximum atomic E-state index is 12.0. The fourth-order valence-electron chi connectivity index (χ4n) is 2.07. The molecule has 0 aliphatic heterocycles. The summed E-state index contributed by atoms with van der Waals surface area (Å²) >= 11 is 0. The highest BCUT2D eigenvalue weighted by Gasteiger charge is 2.32. The quantitative estimate of drug-likeness (QED) is 0.789. The van der Waals surface area contributed by atoms with Gasteiger partial charge in [-0.05, 0) is 25.3 Å². The number of benzene rings is 1. The molecule has 0 atom stereocenters. The highest BCUT2D eigenvalue weighted by molar-refractivity contribution is 5.87. The first-order chi connectivity index (χ1) is 9.24. The Labute approximate surface area is 111 Å². The Morgan fingerprint density at radius 3 is 3.05 bits per heavy atom. The van der Waals surface area contributed by atoms with Crippen LogP contribution in [-0.2, 0) is 11.3 Å². The number of rotatable bonds is 4. The number of aryl methyl sites for hydroxylation is 1. The van der Waals surface area contributed by atoms with Gasteiger partial charge in [0.2, 0.25) is 5.76 Å². The van der Waals surface area contributed by atoms with E-state index in [1.54, 1.807) is 0 Å². The van der Waals surface area contributed by atoms with Crippen LogP contribution in [0.5, 0.6) is 0 Å². The minimum absolute atomic E-state index is 0.255. The van der Waals surface area contributed by atoms with Crippen LogP contribution in [0.3, 0.4) is 0 Å². The molecule has 4 nitrogen and oxygen atoms in total. The number of aromatic nitrogens is 1. The zero-order valence-electron chi connectivity index (χ0n) is 10.8. The standard InChI is InChI=1S/C15H15NO3/c1-10-3-2-4-11(7-10)8-18-15(17)14-13(12-5-6-12)16-9-19-14/h2-4,7,9,12H,5-6,8H2,1H3. The molecule has 4 heteroatoms. The Balaban J connectivity index is 1.66. The topological polar surface area (TPSA) is 52.3 Å². The van der Waals surface area contributed by atoms with Crippen molar-refractivity contribution in [2.75, 3.05) is 0 Å². The van der Waals surface area contributed by atoms with Gasteiger partial charge in [0.25, 0.3) is 0 Å². The molecule has 1 aromatic heterocycles. The minimum Gasteiger partial charge on any atom is -0.455 e. The number of nitrogens with zero attached hydrogens (tertiary/aromatic N) is 1. The zero-order chi connectivity index (χ0) is 13.2. The molecule has 1 heterocycles. The number of esters is 1. The summed E-state index contributed by atoms with van der Waals surface area (Å²) in [5.74, 6) is 0.205. The lowest BCUT2D eigenvalue weighted by Gasteiger charge is -2.04. The lowest BCUT2D eigenvalue weighted by atomic mass is 10.1. The number of ether oxygens (including phenoxy) is 1. The monoisotopic (exact) mass is 257 g/mol. The average Bonchev–Trinajstić information content (AvgIpc) is 3.13. The highest BCUT2D eigenvalue weighted by atomic mass is 16.5. The maximum absolute atomic E-state index is 12.0. The Hall–Kier alpha value is -2.10. The van der Waals surface area contributed by atoms with Crippen LogP contribution in [0.2, 0.25) is 0 Å². The summed E-state index contributed by atoms with van der Waals surface area (Å²) in [6, 6.07) is 7.88. The maximum Gasteiger partial charge on any atom is 0.376 e. The Morgan fingerprint density at radius 1 is 1.47 bits per heavy atom. The van der Waals surface area contributed by atoms with Gasteiger partial charge < -0.3 is 9.15 Å². The van der Waals surface area contributed by atoms with E-state index >= 15 is 0 Å². The van der Waals surface area contributed by atoms with Crippen molar-refractivity contribution in [1.82, 2.24) is 4.98 Å². The van der Waals surface area contributed by atoms with Gasteiger partial charge in [0.15, 0.2) is 6.39 Å². The molecule has 1 aliphatic rings. The second-order valence-electron chi connectivity index (χ2n) is 4.91. The Bertz CT molecular complexity index is 599. The molecular formula is C15H15NO3. The number of carbonyl (C=O) groups is 1. The van der Waals surface area contributed by atoms with Crippen LogP contribution in [0, 0.1) is 6.92 Å². The van der Waals surface area contributed by atoms with Crippen molar-refractivity contribution in [2.24, 2.45) is 0 Å². The van der Waals surface area contributed by atoms with Gasteiger partial charge in [-0.2, -0.15) is 0 Å². The molecule has 1 saturated carbocycles. The van der Waals surface area contributed by atoms with E-state index < -0.39 is 5.97 Å². The lowest BCUT2D eigenvalue weighted by Crippen LogP contribution is -2.06. The summed E-state index contributed by atoms with van der Waals surface area (Å²) in [4.78, 5) is 16.1. The summed E-state index contributed by atoms with van der Waals surface area (Å²) in [5, 5.41) is 0. The molecule has 2 aromatic rings. The lowest BCUT2D eigenvalue weighted by molar-refractivity contribution is 0.0434. The van der Waals surface area contributed by atoms with E-state index in [0.717, 1.165) is 29.7 Å². The molecule has 1 aromatic carbocycles. The van der Waals surface area contributed by atoms with Gasteiger partial charge in [-0.25, -0.2) is 9.78 Å². The van der Waals surface area contributed by atoms with Gasteiger partial charge in [0.1, 0.15) is 6.61 Å². The molecule has 1 aliphatic carbocycles. The van der Waals surface area contributed by atoms with E-state index in [2.05, 4.69) is 4.98 Å². The molecule has 0 saturated heterocycles. The van der Waals surface area contributed by atoms with Crippen molar-refractivity contribution >= 4 is 5.97 Å². The number of carbonyl (C=O) groups excluding carboxylic acids is 1. The third-order valence-corrected chi connectivity index (χ3v) is 3.20. The summed E-state index contributed by atoms with van der Waals surface area (Å²) in [6.07, 6.45) is 3.46. The van der Waals surface area contributed by atoms with E-state index in [0.29, 0.717) is 5.92 Å². The average molecular weight is 257 g/mol. The molecule has 1 fully saturated rings. The summed E-state index contributed by atoms with van der Waals surface area (Å²) in [5.41, 5.74) is 2.86. The van der Waals surface area contributed by atoms with E-state index in [1.807, 2.05) is 31.2 Å². The van der Waals surface area contributed by atoms with Gasteiger partial charge >= 0.3 is 5.97 Å².